The Morgan fingerprint density at radius 2 is 1.76 bits per heavy atom. The van der Waals surface area contributed by atoms with E-state index >= 15 is 0 Å². The van der Waals surface area contributed by atoms with Gasteiger partial charge in [-0.25, -0.2) is 8.42 Å². The van der Waals surface area contributed by atoms with Crippen molar-refractivity contribution in [2.24, 2.45) is 0 Å². The highest BCUT2D eigenvalue weighted by molar-refractivity contribution is 7.89. The van der Waals surface area contributed by atoms with Gasteiger partial charge in [0.25, 0.3) is 0 Å². The van der Waals surface area contributed by atoms with Crippen LogP contribution in [-0.2, 0) is 10.0 Å². The molecule has 0 aliphatic carbocycles. The van der Waals surface area contributed by atoms with E-state index < -0.39 is 16.1 Å². The monoisotopic (exact) mass is 361 g/mol. The number of para-hydroxylation sites is 2. The molecule has 0 spiro atoms. The number of likely N-dealkylation sites (N-methyl/N-ethyl adjacent to an activating group) is 1. The third-order valence-corrected chi connectivity index (χ3v) is 5.83. The zero-order chi connectivity index (χ0) is 18.0. The lowest BCUT2D eigenvalue weighted by atomic mass is 10.2. The van der Waals surface area contributed by atoms with Gasteiger partial charge >= 0.3 is 0 Å². The number of fused-ring (bicyclic) bond motifs is 1. The maximum absolute atomic E-state index is 12.7. The maximum atomic E-state index is 12.7. The molecular weight excluding hydrogens is 342 g/mol. The summed E-state index contributed by atoms with van der Waals surface area (Å²) in [5, 5.41) is 0. The quantitative estimate of drug-likeness (QED) is 0.765. The Balaban J connectivity index is 1.72. The van der Waals surface area contributed by atoms with Crippen molar-refractivity contribution in [3.63, 3.8) is 0 Å². The number of ketones is 1. The molecule has 2 aromatic rings. The molecule has 0 saturated carbocycles. The fourth-order valence-electron chi connectivity index (χ4n) is 2.58. The van der Waals surface area contributed by atoms with Crippen LogP contribution in [0.1, 0.15) is 17.3 Å². The average molecular weight is 361 g/mol. The number of carbonyl (C=O) groups is 1. The maximum Gasteiger partial charge on any atom is 0.242 e. The van der Waals surface area contributed by atoms with E-state index in [1.807, 2.05) is 18.2 Å². The van der Waals surface area contributed by atoms with Crippen LogP contribution in [0.15, 0.2) is 53.4 Å². The lowest BCUT2D eigenvalue weighted by Gasteiger charge is -2.29. The van der Waals surface area contributed by atoms with Gasteiger partial charge in [-0.15, -0.1) is 0 Å². The summed E-state index contributed by atoms with van der Waals surface area (Å²) in [5.41, 5.74) is 0.474. The summed E-state index contributed by atoms with van der Waals surface area (Å²) >= 11 is 0. The van der Waals surface area contributed by atoms with Crippen molar-refractivity contribution in [3.8, 4) is 11.5 Å². The largest absolute Gasteiger partial charge is 0.486 e. The molecule has 0 unspecified atom stereocenters. The van der Waals surface area contributed by atoms with Crippen molar-refractivity contribution in [2.45, 2.75) is 17.9 Å². The molecule has 1 heterocycles. The summed E-state index contributed by atoms with van der Waals surface area (Å²) < 4.78 is 38.0. The van der Waals surface area contributed by atoms with E-state index in [-0.39, 0.29) is 23.8 Å². The molecule has 0 amide bonds. The molecule has 1 aliphatic rings. The van der Waals surface area contributed by atoms with Crippen LogP contribution in [0.4, 0.5) is 0 Å². The molecule has 0 bridgehead atoms. The van der Waals surface area contributed by atoms with Crippen molar-refractivity contribution >= 4 is 15.8 Å². The Labute approximate surface area is 147 Å². The first-order valence-corrected chi connectivity index (χ1v) is 9.28. The fraction of sp³-hybridized carbons (Fsp3) is 0.278. The molecule has 6 nitrogen and oxygen atoms in total. The first-order valence-electron chi connectivity index (χ1n) is 7.84. The lowest BCUT2D eigenvalue weighted by molar-refractivity contribution is 0.0798. The number of benzene rings is 2. The zero-order valence-electron chi connectivity index (χ0n) is 14.0. The average Bonchev–Trinajstić information content (AvgIpc) is 2.61. The summed E-state index contributed by atoms with van der Waals surface area (Å²) in [4.78, 5) is 11.4. The van der Waals surface area contributed by atoms with Gasteiger partial charge in [0.1, 0.15) is 12.7 Å². The predicted octanol–water partition coefficient (Wildman–Crippen LogP) is 2.35. The molecule has 25 heavy (non-hydrogen) atoms. The van der Waals surface area contributed by atoms with Gasteiger partial charge in [0.15, 0.2) is 17.3 Å². The van der Waals surface area contributed by atoms with Crippen LogP contribution in [0.3, 0.4) is 0 Å². The van der Waals surface area contributed by atoms with Crippen LogP contribution in [-0.4, -0.2) is 44.8 Å². The number of hydrogen-bond acceptors (Lipinski definition) is 5. The van der Waals surface area contributed by atoms with E-state index in [1.54, 1.807) is 6.07 Å². The number of hydrogen-bond donors (Lipinski definition) is 0. The first kappa shape index (κ1) is 17.4. The molecule has 3 rings (SSSR count). The van der Waals surface area contributed by atoms with Gasteiger partial charge in [-0.2, -0.15) is 4.31 Å². The Bertz CT molecular complexity index is 877. The van der Waals surface area contributed by atoms with Crippen molar-refractivity contribution in [2.75, 3.05) is 20.2 Å². The van der Waals surface area contributed by atoms with Gasteiger partial charge < -0.3 is 9.47 Å². The molecule has 0 fully saturated rings. The van der Waals surface area contributed by atoms with Crippen LogP contribution in [0, 0.1) is 0 Å². The predicted molar refractivity (Wildman–Crippen MR) is 92.6 cm³/mol. The zero-order valence-corrected chi connectivity index (χ0v) is 14.8. The third-order valence-electron chi connectivity index (χ3n) is 4.00. The summed E-state index contributed by atoms with van der Waals surface area (Å²) in [7, 11) is -2.17. The number of rotatable bonds is 5. The minimum Gasteiger partial charge on any atom is -0.486 e. The number of ether oxygens (including phenoxy) is 2. The van der Waals surface area contributed by atoms with Crippen LogP contribution >= 0.6 is 0 Å². The fourth-order valence-corrected chi connectivity index (χ4v) is 3.78. The van der Waals surface area contributed by atoms with E-state index in [0.717, 1.165) is 0 Å². The second kappa shape index (κ2) is 6.85. The SMILES string of the molecule is CC(=O)c1ccc(S(=O)(=O)N(C)C[C@@H]2COc3ccccc3O2)cc1. The van der Waals surface area contributed by atoms with Crippen LogP contribution < -0.4 is 9.47 Å². The highest BCUT2D eigenvalue weighted by Gasteiger charge is 2.28. The topological polar surface area (TPSA) is 72.9 Å². The molecule has 1 atom stereocenters. The van der Waals surface area contributed by atoms with E-state index in [4.69, 9.17) is 9.47 Å². The molecule has 0 N–H and O–H groups in total. The summed E-state index contributed by atoms with van der Waals surface area (Å²) in [6, 6.07) is 13.2. The molecule has 2 aromatic carbocycles. The highest BCUT2D eigenvalue weighted by Crippen LogP contribution is 2.31. The van der Waals surface area contributed by atoms with Crippen molar-refractivity contribution in [1.29, 1.82) is 0 Å². The van der Waals surface area contributed by atoms with E-state index in [1.165, 1.54) is 42.5 Å². The van der Waals surface area contributed by atoms with E-state index in [2.05, 4.69) is 0 Å². The van der Waals surface area contributed by atoms with Crippen LogP contribution in [0.25, 0.3) is 0 Å². The van der Waals surface area contributed by atoms with E-state index in [9.17, 15) is 13.2 Å². The Morgan fingerprint density at radius 3 is 2.40 bits per heavy atom. The Hall–Kier alpha value is -2.38. The van der Waals surface area contributed by atoms with E-state index in [0.29, 0.717) is 17.1 Å². The number of sulfonamides is 1. The van der Waals surface area contributed by atoms with Gasteiger partial charge in [0, 0.05) is 12.6 Å². The first-order chi connectivity index (χ1) is 11.9. The molecule has 132 valence electrons. The molecule has 7 heteroatoms. The smallest absolute Gasteiger partial charge is 0.242 e. The highest BCUT2D eigenvalue weighted by atomic mass is 32.2. The minimum absolute atomic E-state index is 0.108. The van der Waals surface area contributed by atoms with Crippen molar-refractivity contribution in [1.82, 2.24) is 4.31 Å². The summed E-state index contributed by atoms with van der Waals surface area (Å²) in [6.45, 7) is 1.87. The number of Topliss-reactive ketones (excluding diaryl/α,β-unsaturated/α-hetero) is 1. The van der Waals surface area contributed by atoms with Gasteiger partial charge in [-0.05, 0) is 31.2 Å². The Morgan fingerprint density at radius 1 is 1.12 bits per heavy atom. The molecule has 0 radical (unpaired) electrons. The lowest BCUT2D eigenvalue weighted by Crippen LogP contribution is -2.41. The molecule has 0 aromatic heterocycles. The summed E-state index contributed by atoms with van der Waals surface area (Å²) in [6.07, 6.45) is -0.397. The van der Waals surface area contributed by atoms with Gasteiger partial charge in [-0.1, -0.05) is 24.3 Å². The van der Waals surface area contributed by atoms with Crippen molar-refractivity contribution in [3.05, 3.63) is 54.1 Å². The van der Waals surface area contributed by atoms with Crippen LogP contribution in [0.5, 0.6) is 11.5 Å². The number of carbonyl (C=O) groups excluding carboxylic acids is 1. The third kappa shape index (κ3) is 3.67. The summed E-state index contributed by atoms with van der Waals surface area (Å²) in [5.74, 6) is 1.16. The van der Waals surface area contributed by atoms with Gasteiger partial charge in [-0.3, -0.25) is 4.79 Å². The minimum atomic E-state index is -3.67. The van der Waals surface area contributed by atoms with Gasteiger partial charge in [0.2, 0.25) is 10.0 Å². The standard InChI is InChI=1S/C18H19NO5S/c1-13(20)14-7-9-16(10-8-14)25(21,22)19(2)11-15-12-23-17-5-3-4-6-18(17)24-15/h3-10,15H,11-12H2,1-2H3/t15-/m1/s1. The normalized spacial score (nSPS) is 16.7. The second-order valence-electron chi connectivity index (χ2n) is 5.86. The second-order valence-corrected chi connectivity index (χ2v) is 7.91. The van der Waals surface area contributed by atoms with Crippen LogP contribution in [0.2, 0.25) is 0 Å². The molecule has 0 saturated heterocycles. The Kier molecular flexibility index (Phi) is 4.78. The van der Waals surface area contributed by atoms with Crippen molar-refractivity contribution < 1.29 is 22.7 Å². The molecular formula is C18H19NO5S. The molecule has 1 aliphatic heterocycles. The van der Waals surface area contributed by atoms with Gasteiger partial charge in [0.05, 0.1) is 11.4 Å². The number of nitrogens with zero attached hydrogens (tertiary/aromatic N) is 1.